The van der Waals surface area contributed by atoms with Crippen molar-refractivity contribution in [2.45, 2.75) is 0 Å². The maximum Gasteiger partial charge on any atom is 0.143 e. The van der Waals surface area contributed by atoms with Gasteiger partial charge in [-0.2, -0.15) is 0 Å². The molecule has 4 heteroatoms. The van der Waals surface area contributed by atoms with E-state index in [9.17, 15) is 0 Å². The Morgan fingerprint density at radius 1 is 0.114 bits per heavy atom. The van der Waals surface area contributed by atoms with Crippen LogP contribution in [0.25, 0.3) is 275 Å². The molecule has 0 aliphatic carbocycles. The second-order valence-corrected chi connectivity index (χ2v) is 36.7. The van der Waals surface area contributed by atoms with Crippen LogP contribution in [0.5, 0.6) is 0 Å². The molecule has 0 fully saturated rings. The molecule has 0 bridgehead atoms. The van der Waals surface area contributed by atoms with Gasteiger partial charge in [-0.15, -0.1) is 0 Å². The summed E-state index contributed by atoms with van der Waals surface area (Å²) in [7, 11) is 0. The number of hydrogen-bond donors (Lipinski definition) is 0. The summed E-state index contributed by atoms with van der Waals surface area (Å²) < 4.78 is 19.3. The van der Waals surface area contributed by atoms with E-state index in [1.54, 1.807) is 0 Å². The normalized spacial score (nSPS) is 11.7. The van der Waals surface area contributed by atoms with E-state index in [-0.39, 0.29) is 0 Å². The molecule has 0 amide bonds. The number of aromatic nitrogens is 2. The summed E-state index contributed by atoms with van der Waals surface area (Å²) in [6, 6.07) is 190. The Labute approximate surface area is 809 Å². The zero-order valence-electron chi connectivity index (χ0n) is 76.4. The summed E-state index contributed by atoms with van der Waals surface area (Å²) in [5, 5.41) is 19.2. The highest BCUT2D eigenvalue weighted by atomic mass is 16.3. The lowest BCUT2D eigenvalue weighted by Gasteiger charge is -2.18. The van der Waals surface area contributed by atoms with Gasteiger partial charge in [0.2, 0.25) is 0 Å². The third-order valence-corrected chi connectivity index (χ3v) is 28.7. The highest BCUT2D eigenvalue weighted by molar-refractivity contribution is 6.25. The number of para-hydroxylation sites is 2. The lowest BCUT2D eigenvalue weighted by atomic mass is 9.86. The molecule has 0 saturated heterocycles. The van der Waals surface area contributed by atoms with Crippen molar-refractivity contribution in [3.8, 4) is 145 Å². The van der Waals surface area contributed by atoms with Gasteiger partial charge < -0.3 is 18.0 Å². The van der Waals surface area contributed by atoms with Gasteiger partial charge in [-0.05, 0) is 257 Å². The number of fused-ring (bicyclic) bond motifs is 16. The molecule has 0 spiro atoms. The molecule has 4 heterocycles. The zero-order valence-corrected chi connectivity index (χ0v) is 76.4. The highest BCUT2D eigenvalue weighted by Crippen LogP contribution is 2.52. The van der Waals surface area contributed by atoms with Crippen molar-refractivity contribution in [2.75, 3.05) is 0 Å². The maximum absolute atomic E-state index is 7.23. The maximum atomic E-state index is 7.23. The van der Waals surface area contributed by atoms with Gasteiger partial charge in [0.15, 0.2) is 0 Å². The number of hydrogen-bond acceptors (Lipinski definition) is 2. The Balaban J connectivity index is 0.000000141. The molecule has 4 aromatic heterocycles. The van der Waals surface area contributed by atoms with Crippen LogP contribution in [0.15, 0.2) is 531 Å². The van der Waals surface area contributed by atoms with Crippen LogP contribution in [0.2, 0.25) is 0 Å². The van der Waals surface area contributed by atoms with E-state index in [1.165, 1.54) is 131 Å². The fraction of sp³-hybridized carbons (Fsp3) is 0. The second kappa shape index (κ2) is 33.9. The molecule has 0 saturated carbocycles. The van der Waals surface area contributed by atoms with Crippen molar-refractivity contribution in [2.24, 2.45) is 0 Å². The summed E-state index contributed by atoms with van der Waals surface area (Å²) in [4.78, 5) is 0. The Morgan fingerprint density at radius 2 is 0.321 bits per heavy atom. The van der Waals surface area contributed by atoms with E-state index in [0.29, 0.717) is 0 Å². The van der Waals surface area contributed by atoms with Gasteiger partial charge in [-0.25, -0.2) is 0 Å². The van der Waals surface area contributed by atoms with Crippen molar-refractivity contribution in [3.63, 3.8) is 0 Å². The first-order chi connectivity index (χ1) is 69.5. The van der Waals surface area contributed by atoms with Crippen LogP contribution < -0.4 is 0 Å². The molecule has 28 rings (SSSR count). The van der Waals surface area contributed by atoms with Crippen molar-refractivity contribution in [3.05, 3.63) is 522 Å². The van der Waals surface area contributed by atoms with Gasteiger partial charge in [0, 0.05) is 76.7 Å². The van der Waals surface area contributed by atoms with Gasteiger partial charge in [-0.3, -0.25) is 0 Å². The standard InChI is InChI=1S/2C68H43NO/c1-5-19-44(20-6-1)50-39-59(46-23-9-3-10-24-46)67-61(41-50)62-42-51(45-21-7-2-8-22-45)40-60(68(62)70-67)49-35-38-54-53-27-17-18-32-63(53)69(64(54)43-49)52-36-33-48(34-37-52)66-57-30-15-13-28-55(57)65(47-25-11-4-12-26-47)56-29-14-16-31-58(56)66;1-5-19-44(20-6-1)50-40-58(46-23-9-3-10-24-46)67-61(42-50)62-43-51(45-21-7-2-8-22-45)41-59(68(62)70-67)49-35-38-64-60(39-49)53-27-17-18-32-63(53)69(64)52-36-33-48(34-37-52)66-56-30-15-13-28-54(56)65(47-25-11-4-12-26-47)55-29-14-16-31-57(55)66/h2*1-43H. The molecular formula is C136H86N2O2. The summed E-state index contributed by atoms with van der Waals surface area (Å²) in [6.07, 6.45) is 0. The van der Waals surface area contributed by atoms with Crippen molar-refractivity contribution in [1.29, 1.82) is 0 Å². The lowest BCUT2D eigenvalue weighted by molar-refractivity contribution is 0.671. The van der Waals surface area contributed by atoms with Gasteiger partial charge in [0.1, 0.15) is 22.3 Å². The zero-order chi connectivity index (χ0) is 92.2. The van der Waals surface area contributed by atoms with E-state index >= 15 is 0 Å². The largest absolute Gasteiger partial charge is 0.455 e. The van der Waals surface area contributed by atoms with E-state index in [0.717, 1.165) is 144 Å². The number of benzene rings is 24. The van der Waals surface area contributed by atoms with Gasteiger partial charge in [-0.1, -0.05) is 419 Å². The summed E-state index contributed by atoms with van der Waals surface area (Å²) in [5.41, 5.74) is 38.3. The van der Waals surface area contributed by atoms with Crippen LogP contribution in [0, 0.1) is 0 Å². The minimum atomic E-state index is 0.876. The quantitative estimate of drug-likeness (QED) is 0.102. The summed E-state index contributed by atoms with van der Waals surface area (Å²) >= 11 is 0. The van der Waals surface area contributed by atoms with E-state index < -0.39 is 0 Å². The number of furan rings is 2. The Kier molecular flexibility index (Phi) is 19.6. The Morgan fingerprint density at radius 3 is 0.636 bits per heavy atom. The van der Waals surface area contributed by atoms with Gasteiger partial charge in [0.25, 0.3) is 0 Å². The number of rotatable bonds is 14. The molecule has 652 valence electrons. The first kappa shape index (κ1) is 81.1. The van der Waals surface area contributed by atoms with Crippen LogP contribution >= 0.6 is 0 Å². The molecule has 28 aromatic rings. The van der Waals surface area contributed by atoms with E-state index in [1.807, 2.05) is 0 Å². The molecule has 0 atom stereocenters. The topological polar surface area (TPSA) is 36.1 Å². The average Bonchev–Trinajstić information content (AvgIpc) is 1.62. The summed E-state index contributed by atoms with van der Waals surface area (Å²) in [6.45, 7) is 0. The number of nitrogens with zero attached hydrogens (tertiary/aromatic N) is 2. The first-order valence-electron chi connectivity index (χ1n) is 48.1. The molecule has 24 aromatic carbocycles. The molecule has 0 aliphatic heterocycles. The van der Waals surface area contributed by atoms with Crippen LogP contribution in [-0.2, 0) is 0 Å². The Bertz CT molecular complexity index is 9610. The minimum Gasteiger partial charge on any atom is -0.455 e. The van der Waals surface area contributed by atoms with Crippen molar-refractivity contribution >= 4 is 131 Å². The van der Waals surface area contributed by atoms with Crippen molar-refractivity contribution < 1.29 is 8.83 Å². The molecule has 0 N–H and O–H groups in total. The van der Waals surface area contributed by atoms with Gasteiger partial charge >= 0.3 is 0 Å². The SMILES string of the molecule is c1ccc(-c2cc(-c3ccccc3)c3oc4c(-c5ccc6c(c5)c5ccccc5n6-c5ccc(-c6c7ccccc7c(-c7ccccc7)c7ccccc67)cc5)cc(-c5ccccc5)cc4c3c2)cc1.c1ccc(-c2cc(-c3ccccc3)c3oc4c(-c5ccc6c7ccccc7n(-c7ccc(-c8c9ccccc9c(-c9ccccc9)c9ccccc89)cc7)c6c5)cc(-c5ccccc5)cc4c3c2)cc1. The molecule has 140 heavy (non-hydrogen) atoms. The highest BCUT2D eigenvalue weighted by Gasteiger charge is 2.27. The third-order valence-electron chi connectivity index (χ3n) is 28.7. The third kappa shape index (κ3) is 13.7. The van der Waals surface area contributed by atoms with Crippen LogP contribution in [-0.4, -0.2) is 9.13 Å². The monoisotopic (exact) mass is 1780 g/mol. The summed E-state index contributed by atoms with van der Waals surface area (Å²) in [5.74, 6) is 0. The van der Waals surface area contributed by atoms with Crippen LogP contribution in [0.4, 0.5) is 0 Å². The van der Waals surface area contributed by atoms with Crippen LogP contribution in [0.1, 0.15) is 0 Å². The van der Waals surface area contributed by atoms with Crippen LogP contribution in [0.3, 0.4) is 0 Å². The predicted molar refractivity (Wildman–Crippen MR) is 591 cm³/mol. The molecule has 0 unspecified atom stereocenters. The second-order valence-electron chi connectivity index (χ2n) is 36.7. The first-order valence-corrected chi connectivity index (χ1v) is 48.1. The lowest BCUT2D eigenvalue weighted by Crippen LogP contribution is -1.95. The minimum absolute atomic E-state index is 0.876. The fourth-order valence-corrected chi connectivity index (χ4v) is 22.3. The van der Waals surface area contributed by atoms with Gasteiger partial charge in [0.05, 0.1) is 22.1 Å². The smallest absolute Gasteiger partial charge is 0.143 e. The molecular weight excluding hydrogens is 1690 g/mol. The molecule has 0 radical (unpaired) electrons. The molecule has 4 nitrogen and oxygen atoms in total. The van der Waals surface area contributed by atoms with E-state index in [2.05, 4.69) is 531 Å². The fourth-order valence-electron chi connectivity index (χ4n) is 22.3. The molecule has 0 aliphatic rings. The van der Waals surface area contributed by atoms with E-state index in [4.69, 9.17) is 8.83 Å². The predicted octanol–water partition coefficient (Wildman–Crippen LogP) is 38.0. The average molecular weight is 1780 g/mol. The van der Waals surface area contributed by atoms with Crippen molar-refractivity contribution in [1.82, 2.24) is 9.13 Å². The Hall–Kier alpha value is -18.5.